The molecule has 1 fully saturated rings. The van der Waals surface area contributed by atoms with Crippen molar-refractivity contribution in [3.8, 4) is 0 Å². The van der Waals surface area contributed by atoms with E-state index in [1.807, 2.05) is 0 Å². The van der Waals surface area contributed by atoms with E-state index in [1.165, 1.54) is 25.3 Å². The van der Waals surface area contributed by atoms with Crippen LogP contribution in [-0.2, 0) is 0 Å². The van der Waals surface area contributed by atoms with Gasteiger partial charge in [0.2, 0.25) is 0 Å². The zero-order valence-corrected chi connectivity index (χ0v) is 12.3. The number of piperidine rings is 1. The SMILES string of the molecule is CC(CC1CCCCN1)Nc1ccc([N+](=O)[O-])c(Cl)c1. The highest BCUT2D eigenvalue weighted by atomic mass is 35.5. The molecule has 2 N–H and O–H groups in total. The molecule has 5 nitrogen and oxygen atoms in total. The Bertz CT molecular complexity index is 475. The first-order valence-electron chi connectivity index (χ1n) is 7.00. The van der Waals surface area contributed by atoms with Crippen LogP contribution >= 0.6 is 11.6 Å². The van der Waals surface area contributed by atoms with Crippen molar-refractivity contribution in [2.24, 2.45) is 0 Å². The molecular weight excluding hydrogens is 278 g/mol. The third-order valence-corrected chi connectivity index (χ3v) is 3.91. The van der Waals surface area contributed by atoms with E-state index >= 15 is 0 Å². The molecule has 1 aromatic rings. The minimum absolute atomic E-state index is 0.0567. The lowest BCUT2D eigenvalue weighted by Gasteiger charge is -2.27. The van der Waals surface area contributed by atoms with Crippen molar-refractivity contribution in [1.29, 1.82) is 0 Å². The molecule has 0 aromatic heterocycles. The Hall–Kier alpha value is -1.33. The Morgan fingerprint density at radius 1 is 1.55 bits per heavy atom. The van der Waals surface area contributed by atoms with Crippen molar-refractivity contribution < 1.29 is 4.92 Å². The third-order valence-electron chi connectivity index (χ3n) is 3.61. The predicted octanol–water partition coefficient (Wildman–Crippen LogP) is 3.58. The number of hydrogen-bond donors (Lipinski definition) is 2. The molecule has 1 aromatic carbocycles. The summed E-state index contributed by atoms with van der Waals surface area (Å²) in [6.45, 7) is 3.21. The zero-order valence-electron chi connectivity index (χ0n) is 11.6. The monoisotopic (exact) mass is 297 g/mol. The van der Waals surface area contributed by atoms with Crippen molar-refractivity contribution in [2.75, 3.05) is 11.9 Å². The van der Waals surface area contributed by atoms with Crippen molar-refractivity contribution in [3.05, 3.63) is 33.3 Å². The van der Waals surface area contributed by atoms with Gasteiger partial charge in [-0.05, 0) is 44.9 Å². The molecule has 1 saturated heterocycles. The van der Waals surface area contributed by atoms with Gasteiger partial charge in [0.1, 0.15) is 5.02 Å². The smallest absolute Gasteiger partial charge is 0.288 e. The molecule has 2 unspecified atom stereocenters. The van der Waals surface area contributed by atoms with Gasteiger partial charge < -0.3 is 10.6 Å². The molecule has 0 aliphatic carbocycles. The molecule has 1 aliphatic rings. The first kappa shape index (κ1) is 15.1. The molecule has 0 amide bonds. The van der Waals surface area contributed by atoms with Crippen molar-refractivity contribution in [1.82, 2.24) is 5.32 Å². The second-order valence-electron chi connectivity index (χ2n) is 5.35. The molecule has 1 heterocycles. The highest BCUT2D eigenvalue weighted by molar-refractivity contribution is 6.32. The van der Waals surface area contributed by atoms with E-state index in [-0.39, 0.29) is 10.7 Å². The summed E-state index contributed by atoms with van der Waals surface area (Å²) in [6.07, 6.45) is 4.80. The fourth-order valence-corrected chi connectivity index (χ4v) is 2.89. The Morgan fingerprint density at radius 2 is 2.35 bits per heavy atom. The van der Waals surface area contributed by atoms with E-state index in [9.17, 15) is 10.1 Å². The van der Waals surface area contributed by atoms with Crippen LogP contribution in [-0.4, -0.2) is 23.6 Å². The van der Waals surface area contributed by atoms with E-state index in [0.717, 1.165) is 18.7 Å². The van der Waals surface area contributed by atoms with Gasteiger partial charge in [-0.3, -0.25) is 10.1 Å². The van der Waals surface area contributed by atoms with Crippen LogP contribution in [0.15, 0.2) is 18.2 Å². The number of nitrogens with zero attached hydrogens (tertiary/aromatic N) is 1. The van der Waals surface area contributed by atoms with Gasteiger partial charge in [-0.1, -0.05) is 18.0 Å². The summed E-state index contributed by atoms with van der Waals surface area (Å²) in [6, 6.07) is 5.61. The Balaban J connectivity index is 1.92. The lowest BCUT2D eigenvalue weighted by Crippen LogP contribution is -2.37. The van der Waals surface area contributed by atoms with E-state index in [4.69, 9.17) is 11.6 Å². The number of anilines is 1. The molecule has 1 aliphatic heterocycles. The minimum atomic E-state index is -0.471. The summed E-state index contributed by atoms with van der Waals surface area (Å²) in [5, 5.41) is 17.7. The lowest BCUT2D eigenvalue weighted by molar-refractivity contribution is -0.384. The fraction of sp³-hybridized carbons (Fsp3) is 0.571. The van der Waals surface area contributed by atoms with Gasteiger partial charge in [0.05, 0.1) is 4.92 Å². The number of nitrogens with one attached hydrogen (secondary N) is 2. The van der Waals surface area contributed by atoms with Crippen LogP contribution in [0.25, 0.3) is 0 Å². The molecule has 0 bridgehead atoms. The normalized spacial score (nSPS) is 20.4. The standard InChI is InChI=1S/C14H20ClN3O2/c1-10(8-11-4-2-3-7-16-11)17-12-5-6-14(18(19)20)13(15)9-12/h5-6,9-11,16-17H,2-4,7-8H2,1H3. The number of halogens is 1. The van der Waals surface area contributed by atoms with Crippen LogP contribution in [0.4, 0.5) is 11.4 Å². The topological polar surface area (TPSA) is 67.2 Å². The Kier molecular flexibility index (Phi) is 5.20. The molecule has 110 valence electrons. The van der Waals surface area contributed by atoms with E-state index in [1.54, 1.807) is 12.1 Å². The summed E-state index contributed by atoms with van der Waals surface area (Å²) in [7, 11) is 0. The maximum Gasteiger partial charge on any atom is 0.288 e. The van der Waals surface area contributed by atoms with Crippen LogP contribution in [0.5, 0.6) is 0 Å². The number of hydrogen-bond acceptors (Lipinski definition) is 4. The van der Waals surface area contributed by atoms with Gasteiger partial charge >= 0.3 is 0 Å². The molecule has 20 heavy (non-hydrogen) atoms. The second kappa shape index (κ2) is 6.90. The minimum Gasteiger partial charge on any atom is -0.382 e. The molecular formula is C14H20ClN3O2. The first-order chi connectivity index (χ1) is 9.56. The van der Waals surface area contributed by atoms with Gasteiger partial charge in [0.25, 0.3) is 5.69 Å². The average molecular weight is 298 g/mol. The van der Waals surface area contributed by atoms with Gasteiger partial charge in [0, 0.05) is 23.8 Å². The number of nitro benzene ring substituents is 1. The fourth-order valence-electron chi connectivity index (χ4n) is 2.64. The molecule has 2 atom stereocenters. The molecule has 0 radical (unpaired) electrons. The van der Waals surface area contributed by atoms with Gasteiger partial charge in [-0.15, -0.1) is 0 Å². The van der Waals surface area contributed by atoms with Crippen LogP contribution in [0, 0.1) is 10.1 Å². The van der Waals surface area contributed by atoms with Gasteiger partial charge in [-0.2, -0.15) is 0 Å². The van der Waals surface area contributed by atoms with E-state index in [0.29, 0.717) is 12.1 Å². The maximum atomic E-state index is 10.7. The van der Waals surface area contributed by atoms with Crippen molar-refractivity contribution >= 4 is 23.0 Å². The molecule has 0 saturated carbocycles. The Labute approximate surface area is 123 Å². The molecule has 6 heteroatoms. The quantitative estimate of drug-likeness (QED) is 0.644. The molecule has 2 rings (SSSR count). The maximum absolute atomic E-state index is 10.7. The third kappa shape index (κ3) is 4.08. The van der Waals surface area contributed by atoms with Crippen LogP contribution in [0.2, 0.25) is 5.02 Å². The summed E-state index contributed by atoms with van der Waals surface area (Å²) < 4.78 is 0. The number of nitro groups is 1. The van der Waals surface area contributed by atoms with Crippen molar-refractivity contribution in [2.45, 2.75) is 44.7 Å². The Morgan fingerprint density at radius 3 is 2.95 bits per heavy atom. The highest BCUT2D eigenvalue weighted by Crippen LogP contribution is 2.27. The van der Waals surface area contributed by atoms with Crippen molar-refractivity contribution in [3.63, 3.8) is 0 Å². The van der Waals surface area contributed by atoms with Crippen LogP contribution < -0.4 is 10.6 Å². The first-order valence-corrected chi connectivity index (χ1v) is 7.38. The largest absolute Gasteiger partial charge is 0.382 e. The van der Waals surface area contributed by atoms with E-state index in [2.05, 4.69) is 17.6 Å². The van der Waals surface area contributed by atoms with E-state index < -0.39 is 4.92 Å². The lowest BCUT2D eigenvalue weighted by atomic mass is 9.98. The summed E-state index contributed by atoms with van der Waals surface area (Å²) in [4.78, 5) is 10.2. The van der Waals surface area contributed by atoms with Crippen LogP contribution in [0.3, 0.4) is 0 Å². The van der Waals surface area contributed by atoms with Gasteiger partial charge in [0.15, 0.2) is 0 Å². The second-order valence-corrected chi connectivity index (χ2v) is 5.76. The zero-order chi connectivity index (χ0) is 14.5. The highest BCUT2D eigenvalue weighted by Gasteiger charge is 2.17. The molecule has 0 spiro atoms. The van der Waals surface area contributed by atoms with Crippen LogP contribution in [0.1, 0.15) is 32.6 Å². The summed E-state index contributed by atoms with van der Waals surface area (Å²) in [5.41, 5.74) is 0.766. The predicted molar refractivity (Wildman–Crippen MR) is 81.4 cm³/mol. The summed E-state index contributed by atoms with van der Waals surface area (Å²) >= 11 is 5.91. The summed E-state index contributed by atoms with van der Waals surface area (Å²) in [5.74, 6) is 0. The average Bonchev–Trinajstić information content (AvgIpc) is 2.39. The number of benzene rings is 1. The van der Waals surface area contributed by atoms with Gasteiger partial charge in [-0.25, -0.2) is 0 Å². The number of rotatable bonds is 5.